The van der Waals surface area contributed by atoms with E-state index in [0.29, 0.717) is 0 Å². The highest BCUT2D eigenvalue weighted by molar-refractivity contribution is 5.87. The van der Waals surface area contributed by atoms with E-state index in [1.807, 2.05) is 18.2 Å². The molecule has 2 aromatic rings. The van der Waals surface area contributed by atoms with E-state index in [1.165, 1.54) is 6.92 Å². The van der Waals surface area contributed by atoms with Crippen LogP contribution in [0.1, 0.15) is 12.5 Å². The van der Waals surface area contributed by atoms with Gasteiger partial charge in [-0.1, -0.05) is 0 Å². The van der Waals surface area contributed by atoms with Crippen molar-refractivity contribution in [3.63, 3.8) is 0 Å². The Balaban J connectivity index is 2.28. The monoisotopic (exact) mass is 276 g/mol. The Bertz CT molecular complexity index is 648. The van der Waals surface area contributed by atoms with Gasteiger partial charge in [-0.3, -0.25) is 4.79 Å². The number of rotatable bonds is 5. The standard InChI is InChI=1S/C14H16N2O4/c1-8(17)16-13(14(18)19)5-9-7-15-12-6-10(20-2)3-4-11(9)12/h3-4,6-7,13,15H,5H2,1-2H3,(H,16,17)(H,18,19). The Labute approximate surface area is 115 Å². The number of amides is 1. The van der Waals surface area contributed by atoms with E-state index < -0.39 is 12.0 Å². The number of nitrogens with one attached hydrogen (secondary N) is 2. The minimum atomic E-state index is -1.05. The number of H-pyrrole nitrogens is 1. The van der Waals surface area contributed by atoms with Crippen LogP contribution in [-0.4, -0.2) is 35.1 Å². The summed E-state index contributed by atoms with van der Waals surface area (Å²) in [6.45, 7) is 1.30. The van der Waals surface area contributed by atoms with Gasteiger partial charge in [0.1, 0.15) is 11.8 Å². The molecule has 0 saturated heterocycles. The van der Waals surface area contributed by atoms with Crippen LogP contribution < -0.4 is 10.1 Å². The van der Waals surface area contributed by atoms with Crippen molar-refractivity contribution in [2.24, 2.45) is 0 Å². The highest BCUT2D eigenvalue weighted by Gasteiger charge is 2.20. The van der Waals surface area contributed by atoms with Crippen molar-refractivity contribution in [1.29, 1.82) is 0 Å². The number of carbonyl (C=O) groups excluding carboxylic acids is 1. The molecular formula is C14H16N2O4. The molecule has 0 saturated carbocycles. The molecule has 0 bridgehead atoms. The lowest BCUT2D eigenvalue weighted by molar-refractivity contribution is -0.141. The van der Waals surface area contributed by atoms with Crippen LogP contribution in [0, 0.1) is 0 Å². The van der Waals surface area contributed by atoms with Crippen molar-refractivity contribution in [3.8, 4) is 5.75 Å². The highest BCUT2D eigenvalue weighted by Crippen LogP contribution is 2.24. The van der Waals surface area contributed by atoms with Gasteiger partial charge in [-0.15, -0.1) is 0 Å². The van der Waals surface area contributed by atoms with Gasteiger partial charge in [-0.2, -0.15) is 0 Å². The molecule has 0 aliphatic rings. The number of aromatic amines is 1. The van der Waals surface area contributed by atoms with Crippen molar-refractivity contribution in [3.05, 3.63) is 30.0 Å². The van der Waals surface area contributed by atoms with Gasteiger partial charge < -0.3 is 20.1 Å². The predicted molar refractivity (Wildman–Crippen MR) is 73.8 cm³/mol. The van der Waals surface area contributed by atoms with E-state index in [9.17, 15) is 9.59 Å². The Morgan fingerprint density at radius 1 is 1.45 bits per heavy atom. The SMILES string of the molecule is COc1ccc2c(CC(NC(C)=O)C(=O)O)c[nH]c2c1. The summed E-state index contributed by atoms with van der Waals surface area (Å²) in [5.41, 5.74) is 1.70. The van der Waals surface area contributed by atoms with Crippen LogP contribution in [-0.2, 0) is 16.0 Å². The lowest BCUT2D eigenvalue weighted by Crippen LogP contribution is -2.41. The van der Waals surface area contributed by atoms with Crippen LogP contribution in [0.25, 0.3) is 10.9 Å². The molecule has 20 heavy (non-hydrogen) atoms. The minimum absolute atomic E-state index is 0.223. The zero-order valence-electron chi connectivity index (χ0n) is 11.3. The van der Waals surface area contributed by atoms with Gasteiger partial charge in [0.2, 0.25) is 5.91 Å². The number of aliphatic carboxylic acids is 1. The molecule has 1 amide bonds. The number of ether oxygens (including phenoxy) is 1. The van der Waals surface area contributed by atoms with Crippen LogP contribution in [0.4, 0.5) is 0 Å². The molecule has 1 unspecified atom stereocenters. The fourth-order valence-corrected chi connectivity index (χ4v) is 2.13. The third-order valence-electron chi connectivity index (χ3n) is 3.07. The maximum atomic E-state index is 11.2. The molecule has 106 valence electrons. The molecular weight excluding hydrogens is 260 g/mol. The number of aromatic nitrogens is 1. The van der Waals surface area contributed by atoms with Crippen molar-refractivity contribution >= 4 is 22.8 Å². The molecule has 6 nitrogen and oxygen atoms in total. The van der Waals surface area contributed by atoms with Gasteiger partial charge in [-0.05, 0) is 17.7 Å². The average Bonchev–Trinajstić information content (AvgIpc) is 2.79. The van der Waals surface area contributed by atoms with E-state index in [0.717, 1.165) is 22.2 Å². The summed E-state index contributed by atoms with van der Waals surface area (Å²) in [6.07, 6.45) is 1.98. The number of carboxylic acids is 1. The summed E-state index contributed by atoms with van der Waals surface area (Å²) in [5.74, 6) is -0.690. The smallest absolute Gasteiger partial charge is 0.326 e. The van der Waals surface area contributed by atoms with Crippen molar-refractivity contribution < 1.29 is 19.4 Å². The first kappa shape index (κ1) is 13.9. The molecule has 0 aliphatic heterocycles. The molecule has 2 rings (SSSR count). The van der Waals surface area contributed by atoms with Crippen LogP contribution >= 0.6 is 0 Å². The lowest BCUT2D eigenvalue weighted by Gasteiger charge is -2.12. The molecule has 1 atom stereocenters. The highest BCUT2D eigenvalue weighted by atomic mass is 16.5. The Morgan fingerprint density at radius 2 is 2.20 bits per heavy atom. The minimum Gasteiger partial charge on any atom is -0.497 e. The van der Waals surface area contributed by atoms with Gasteiger partial charge in [0, 0.05) is 36.5 Å². The van der Waals surface area contributed by atoms with E-state index >= 15 is 0 Å². The summed E-state index contributed by atoms with van der Waals surface area (Å²) in [7, 11) is 1.59. The second-order valence-electron chi connectivity index (χ2n) is 4.52. The summed E-state index contributed by atoms with van der Waals surface area (Å²) < 4.78 is 5.13. The second kappa shape index (κ2) is 5.64. The molecule has 0 spiro atoms. The quantitative estimate of drug-likeness (QED) is 0.767. The number of carboxylic acid groups (broad SMARTS) is 1. The molecule has 1 heterocycles. The summed E-state index contributed by atoms with van der Waals surface area (Å²) in [5, 5.41) is 12.5. The fraction of sp³-hybridized carbons (Fsp3) is 0.286. The van der Waals surface area contributed by atoms with Crippen molar-refractivity contribution in [2.45, 2.75) is 19.4 Å². The number of hydrogen-bond acceptors (Lipinski definition) is 3. The van der Waals surface area contributed by atoms with Crippen molar-refractivity contribution in [1.82, 2.24) is 10.3 Å². The topological polar surface area (TPSA) is 91.4 Å². The first-order valence-corrected chi connectivity index (χ1v) is 6.15. The van der Waals surface area contributed by atoms with Crippen LogP contribution in [0.15, 0.2) is 24.4 Å². The summed E-state index contributed by atoms with van der Waals surface area (Å²) in [4.78, 5) is 25.3. The third-order valence-corrected chi connectivity index (χ3v) is 3.07. The molecule has 1 aromatic carbocycles. The average molecular weight is 276 g/mol. The molecule has 1 aromatic heterocycles. The first-order valence-electron chi connectivity index (χ1n) is 6.15. The Kier molecular flexibility index (Phi) is 3.93. The van der Waals surface area contributed by atoms with Gasteiger partial charge in [-0.25, -0.2) is 4.79 Å². The zero-order chi connectivity index (χ0) is 14.7. The van der Waals surface area contributed by atoms with E-state index in [1.54, 1.807) is 13.3 Å². The van der Waals surface area contributed by atoms with Crippen LogP contribution in [0.5, 0.6) is 5.75 Å². The first-order chi connectivity index (χ1) is 9.51. The number of methoxy groups -OCH3 is 1. The molecule has 6 heteroatoms. The molecule has 3 N–H and O–H groups in total. The second-order valence-corrected chi connectivity index (χ2v) is 4.52. The lowest BCUT2D eigenvalue weighted by atomic mass is 10.0. The van der Waals surface area contributed by atoms with Crippen LogP contribution in [0.2, 0.25) is 0 Å². The summed E-state index contributed by atoms with van der Waals surface area (Å²) in [6, 6.07) is 4.58. The fourth-order valence-electron chi connectivity index (χ4n) is 2.13. The molecule has 0 radical (unpaired) electrons. The maximum absolute atomic E-state index is 11.2. The largest absolute Gasteiger partial charge is 0.497 e. The number of fused-ring (bicyclic) bond motifs is 1. The van der Waals surface area contributed by atoms with Crippen LogP contribution in [0.3, 0.4) is 0 Å². The predicted octanol–water partition coefficient (Wildman–Crippen LogP) is 1.31. The van der Waals surface area contributed by atoms with Gasteiger partial charge in [0.15, 0.2) is 0 Å². The Morgan fingerprint density at radius 3 is 2.80 bits per heavy atom. The van der Waals surface area contributed by atoms with E-state index in [2.05, 4.69) is 10.3 Å². The van der Waals surface area contributed by atoms with E-state index in [4.69, 9.17) is 9.84 Å². The molecule has 0 aliphatic carbocycles. The molecule has 0 fully saturated rings. The van der Waals surface area contributed by atoms with Gasteiger partial charge in [0.25, 0.3) is 0 Å². The van der Waals surface area contributed by atoms with Crippen molar-refractivity contribution in [2.75, 3.05) is 7.11 Å². The third kappa shape index (κ3) is 2.90. The number of benzene rings is 1. The zero-order valence-corrected chi connectivity index (χ0v) is 11.3. The van der Waals surface area contributed by atoms with Gasteiger partial charge in [0.05, 0.1) is 7.11 Å². The Hall–Kier alpha value is -2.50. The normalized spacial score (nSPS) is 12.1. The number of hydrogen-bond donors (Lipinski definition) is 3. The maximum Gasteiger partial charge on any atom is 0.326 e. The number of carbonyl (C=O) groups is 2. The van der Waals surface area contributed by atoms with Gasteiger partial charge >= 0.3 is 5.97 Å². The van der Waals surface area contributed by atoms with E-state index in [-0.39, 0.29) is 12.3 Å². The summed E-state index contributed by atoms with van der Waals surface area (Å²) >= 11 is 0.